The number of anilines is 1. The van der Waals surface area contributed by atoms with Gasteiger partial charge in [0.15, 0.2) is 0 Å². The second-order valence-electron chi connectivity index (χ2n) is 4.82. The van der Waals surface area contributed by atoms with Gasteiger partial charge in [-0.15, -0.1) is 5.10 Å². The van der Waals surface area contributed by atoms with Gasteiger partial charge in [0.25, 0.3) is 0 Å². The van der Waals surface area contributed by atoms with E-state index in [1.54, 1.807) is 0 Å². The number of hydrogen-bond donors (Lipinski definition) is 2. The van der Waals surface area contributed by atoms with E-state index >= 15 is 0 Å². The molecule has 0 amide bonds. The van der Waals surface area contributed by atoms with Gasteiger partial charge in [0.1, 0.15) is 12.4 Å². The molecule has 2 N–H and O–H groups in total. The third-order valence-electron chi connectivity index (χ3n) is 2.96. The molecule has 0 aliphatic carbocycles. The maximum Gasteiger partial charge on any atom is 0.315 e. The van der Waals surface area contributed by atoms with Crippen molar-refractivity contribution in [2.75, 3.05) is 25.0 Å². The van der Waals surface area contributed by atoms with Gasteiger partial charge in [-0.05, 0) is 38.1 Å². The maximum absolute atomic E-state index is 5.64. The third-order valence-corrected chi connectivity index (χ3v) is 2.96. The van der Waals surface area contributed by atoms with Crippen LogP contribution in [0.3, 0.4) is 0 Å². The van der Waals surface area contributed by atoms with Crippen LogP contribution >= 0.6 is 0 Å². The van der Waals surface area contributed by atoms with E-state index in [1.165, 1.54) is 5.56 Å². The lowest BCUT2D eigenvalue weighted by Gasteiger charge is -2.07. The Balaban J connectivity index is 1.74. The molecule has 0 bridgehead atoms. The van der Waals surface area contributed by atoms with Gasteiger partial charge in [0, 0.05) is 0 Å². The number of ether oxygens (including phenoxy) is 1. The van der Waals surface area contributed by atoms with E-state index in [0.29, 0.717) is 25.1 Å². The lowest BCUT2D eigenvalue weighted by molar-refractivity contribution is 0.330. The van der Waals surface area contributed by atoms with Crippen LogP contribution in [0.15, 0.2) is 28.7 Å². The van der Waals surface area contributed by atoms with Crippen LogP contribution in [-0.4, -0.2) is 29.9 Å². The topological polar surface area (TPSA) is 72.2 Å². The first kappa shape index (κ1) is 15.3. The molecule has 0 aliphatic rings. The van der Waals surface area contributed by atoms with Gasteiger partial charge >= 0.3 is 6.01 Å². The zero-order valence-electron chi connectivity index (χ0n) is 12.7. The number of aromatic nitrogens is 2. The van der Waals surface area contributed by atoms with Crippen molar-refractivity contribution in [3.8, 4) is 5.75 Å². The van der Waals surface area contributed by atoms with Crippen LogP contribution < -0.4 is 15.4 Å². The molecule has 1 unspecified atom stereocenters. The summed E-state index contributed by atoms with van der Waals surface area (Å²) in [5.74, 6) is 1.45. The summed E-state index contributed by atoms with van der Waals surface area (Å²) >= 11 is 0. The summed E-state index contributed by atoms with van der Waals surface area (Å²) in [5.41, 5.74) is 1.18. The zero-order chi connectivity index (χ0) is 15.1. The highest BCUT2D eigenvalue weighted by Gasteiger charge is 2.12. The maximum atomic E-state index is 5.64. The van der Waals surface area contributed by atoms with E-state index in [4.69, 9.17) is 9.15 Å². The van der Waals surface area contributed by atoms with E-state index in [1.807, 2.05) is 45.0 Å². The molecule has 0 aliphatic heterocycles. The second kappa shape index (κ2) is 7.64. The summed E-state index contributed by atoms with van der Waals surface area (Å²) in [7, 11) is 0. The Hall–Kier alpha value is -2.08. The third kappa shape index (κ3) is 4.75. The molecule has 0 radical (unpaired) electrons. The molecule has 0 saturated heterocycles. The van der Waals surface area contributed by atoms with Gasteiger partial charge in [0.2, 0.25) is 5.89 Å². The van der Waals surface area contributed by atoms with Crippen molar-refractivity contribution in [2.24, 2.45) is 0 Å². The summed E-state index contributed by atoms with van der Waals surface area (Å²) in [4.78, 5) is 0. The lowest BCUT2D eigenvalue weighted by Crippen LogP contribution is -2.17. The molecule has 1 aromatic heterocycles. The Morgan fingerprint density at radius 2 is 2.19 bits per heavy atom. The Morgan fingerprint density at radius 3 is 2.95 bits per heavy atom. The van der Waals surface area contributed by atoms with Crippen molar-refractivity contribution in [3.63, 3.8) is 0 Å². The molecule has 21 heavy (non-hydrogen) atoms. The Bertz CT molecular complexity index is 556. The fourth-order valence-corrected chi connectivity index (χ4v) is 1.91. The van der Waals surface area contributed by atoms with Gasteiger partial charge in [-0.25, -0.2) is 0 Å². The molecule has 6 nitrogen and oxygen atoms in total. The molecule has 2 aromatic rings. The van der Waals surface area contributed by atoms with Crippen LogP contribution in [0.2, 0.25) is 0 Å². The van der Waals surface area contributed by atoms with E-state index in [-0.39, 0.29) is 6.04 Å². The molecule has 0 spiro atoms. The van der Waals surface area contributed by atoms with E-state index in [0.717, 1.165) is 12.3 Å². The predicted octanol–water partition coefficient (Wildman–Crippen LogP) is 2.54. The Labute approximate surface area is 124 Å². The average Bonchev–Trinajstić information content (AvgIpc) is 2.93. The van der Waals surface area contributed by atoms with Crippen molar-refractivity contribution in [1.29, 1.82) is 0 Å². The number of hydrogen-bond acceptors (Lipinski definition) is 6. The number of nitrogens with one attached hydrogen (secondary N) is 2. The molecular formula is C15H22N4O2. The molecule has 6 heteroatoms. The summed E-state index contributed by atoms with van der Waals surface area (Å²) in [6.45, 7) is 8.05. The fourth-order valence-electron chi connectivity index (χ4n) is 1.91. The average molecular weight is 290 g/mol. The summed E-state index contributed by atoms with van der Waals surface area (Å²) < 4.78 is 11.2. The minimum atomic E-state index is 0.0570. The van der Waals surface area contributed by atoms with Crippen molar-refractivity contribution < 1.29 is 9.15 Å². The van der Waals surface area contributed by atoms with Crippen LogP contribution in [0.1, 0.15) is 31.3 Å². The number of nitrogens with zero attached hydrogens (tertiary/aromatic N) is 2. The highest BCUT2D eigenvalue weighted by atomic mass is 16.5. The quantitative estimate of drug-likeness (QED) is 0.728. The Kier molecular flexibility index (Phi) is 5.57. The zero-order valence-corrected chi connectivity index (χ0v) is 12.7. The molecule has 0 fully saturated rings. The highest BCUT2D eigenvalue weighted by molar-refractivity contribution is 5.27. The normalized spacial score (nSPS) is 12.1. The second-order valence-corrected chi connectivity index (χ2v) is 4.82. The number of benzene rings is 1. The first-order valence-corrected chi connectivity index (χ1v) is 7.19. The molecule has 1 heterocycles. The van der Waals surface area contributed by atoms with Crippen molar-refractivity contribution in [3.05, 3.63) is 35.7 Å². The summed E-state index contributed by atoms with van der Waals surface area (Å²) in [6.07, 6.45) is 0. The molecule has 0 saturated carbocycles. The minimum Gasteiger partial charge on any atom is -0.492 e. The predicted molar refractivity (Wildman–Crippen MR) is 81.6 cm³/mol. The minimum absolute atomic E-state index is 0.0570. The van der Waals surface area contributed by atoms with Crippen molar-refractivity contribution in [2.45, 2.75) is 26.8 Å². The smallest absolute Gasteiger partial charge is 0.315 e. The summed E-state index contributed by atoms with van der Waals surface area (Å²) in [5, 5.41) is 14.2. The van der Waals surface area contributed by atoms with Crippen LogP contribution in [0.25, 0.3) is 0 Å². The van der Waals surface area contributed by atoms with Crippen molar-refractivity contribution >= 4 is 6.01 Å². The number of aryl methyl sites for hydroxylation is 1. The first-order valence-electron chi connectivity index (χ1n) is 7.19. The summed E-state index contributed by atoms with van der Waals surface area (Å²) in [6, 6.07) is 8.43. The largest absolute Gasteiger partial charge is 0.492 e. The van der Waals surface area contributed by atoms with E-state index in [2.05, 4.69) is 20.8 Å². The van der Waals surface area contributed by atoms with Gasteiger partial charge < -0.3 is 19.8 Å². The first-order chi connectivity index (χ1) is 10.2. The van der Waals surface area contributed by atoms with Crippen molar-refractivity contribution in [1.82, 2.24) is 15.5 Å². The van der Waals surface area contributed by atoms with Crippen LogP contribution in [-0.2, 0) is 0 Å². The fraction of sp³-hybridized carbons (Fsp3) is 0.467. The van der Waals surface area contributed by atoms with Crippen LogP contribution in [0.4, 0.5) is 6.01 Å². The van der Waals surface area contributed by atoms with Gasteiger partial charge in [-0.2, -0.15) is 0 Å². The molecule has 1 atom stereocenters. The number of rotatable bonds is 8. The Morgan fingerprint density at radius 1 is 1.33 bits per heavy atom. The lowest BCUT2D eigenvalue weighted by atomic mass is 10.2. The van der Waals surface area contributed by atoms with Gasteiger partial charge in [0.05, 0.1) is 12.6 Å². The van der Waals surface area contributed by atoms with Gasteiger partial charge in [-0.1, -0.05) is 24.2 Å². The van der Waals surface area contributed by atoms with Crippen LogP contribution in [0, 0.1) is 6.92 Å². The SMILES string of the molecule is CCNC(C)c1nnc(NCCOc2cccc(C)c2)o1. The molecule has 1 aromatic carbocycles. The highest BCUT2D eigenvalue weighted by Crippen LogP contribution is 2.14. The van der Waals surface area contributed by atoms with Crippen LogP contribution in [0.5, 0.6) is 5.75 Å². The molecule has 2 rings (SSSR count). The monoisotopic (exact) mass is 290 g/mol. The molecule has 114 valence electrons. The molecular weight excluding hydrogens is 268 g/mol. The van der Waals surface area contributed by atoms with E-state index < -0.39 is 0 Å². The standard InChI is InChI=1S/C15H22N4O2/c1-4-16-12(3)14-18-19-15(21-14)17-8-9-20-13-7-5-6-11(2)10-13/h5-7,10,12,16H,4,8-9H2,1-3H3,(H,17,19). The van der Waals surface area contributed by atoms with E-state index in [9.17, 15) is 0 Å². The van der Waals surface area contributed by atoms with Gasteiger partial charge in [-0.3, -0.25) is 0 Å².